The van der Waals surface area contributed by atoms with E-state index in [0.717, 1.165) is 26.1 Å². The molecule has 0 aliphatic carbocycles. The highest BCUT2D eigenvalue weighted by Crippen LogP contribution is 2.39. The molecule has 0 atom stereocenters. The lowest BCUT2D eigenvalue weighted by molar-refractivity contribution is 0.0462. The zero-order chi connectivity index (χ0) is 17.3. The predicted molar refractivity (Wildman–Crippen MR) is 97.1 cm³/mol. The van der Waals surface area contributed by atoms with Gasteiger partial charge in [-0.05, 0) is 42.7 Å². The van der Waals surface area contributed by atoms with Crippen LogP contribution in [0.4, 0.5) is 4.39 Å². The Labute approximate surface area is 144 Å². The molecule has 0 spiro atoms. The van der Waals surface area contributed by atoms with Crippen molar-refractivity contribution in [3.63, 3.8) is 0 Å². The summed E-state index contributed by atoms with van der Waals surface area (Å²) in [5.74, 6) is -0.339. The molecule has 3 aromatic rings. The molecule has 0 aliphatic heterocycles. The minimum absolute atomic E-state index is 0.273. The summed E-state index contributed by atoms with van der Waals surface area (Å²) in [6.07, 6.45) is 0. The molecular formula is C20H19FO2S. The van der Waals surface area contributed by atoms with Crippen LogP contribution in [0.3, 0.4) is 0 Å². The summed E-state index contributed by atoms with van der Waals surface area (Å²) in [6.45, 7) is 6.39. The van der Waals surface area contributed by atoms with E-state index in [0.29, 0.717) is 12.2 Å². The predicted octanol–water partition coefficient (Wildman–Crippen LogP) is 5.83. The number of carbonyl (C=O) groups is 1. The molecule has 0 radical (unpaired) electrons. The molecule has 0 saturated heterocycles. The Bertz CT molecular complexity index is 879. The second kappa shape index (κ2) is 6.73. The number of rotatable bonds is 4. The highest BCUT2D eigenvalue weighted by Gasteiger charge is 2.22. The van der Waals surface area contributed by atoms with E-state index in [4.69, 9.17) is 4.74 Å². The van der Waals surface area contributed by atoms with Crippen molar-refractivity contribution in [1.82, 2.24) is 0 Å². The Balaban J connectivity index is 2.15. The first-order chi connectivity index (χ1) is 11.5. The van der Waals surface area contributed by atoms with Gasteiger partial charge in [-0.1, -0.05) is 37.6 Å². The Morgan fingerprint density at radius 2 is 1.88 bits per heavy atom. The minimum atomic E-state index is -0.320. The third-order valence-electron chi connectivity index (χ3n) is 3.70. The average molecular weight is 342 g/mol. The van der Waals surface area contributed by atoms with Crippen LogP contribution in [0.5, 0.6) is 0 Å². The number of esters is 1. The second-order valence-electron chi connectivity index (χ2n) is 6.31. The van der Waals surface area contributed by atoms with Gasteiger partial charge in [0.25, 0.3) is 0 Å². The molecule has 2 aromatic carbocycles. The van der Waals surface area contributed by atoms with Crippen LogP contribution in [0.1, 0.15) is 29.8 Å². The summed E-state index contributed by atoms with van der Waals surface area (Å²) < 4.78 is 19.7. The van der Waals surface area contributed by atoms with Crippen LogP contribution in [-0.4, -0.2) is 12.6 Å². The standard InChI is InChI=1S/C20H19FO2S/c1-12(2)11-23-20(22)18-16-10-13(3)4-9-17(16)24-19(18)14-5-7-15(21)8-6-14/h4-10,12H,11H2,1-3H3. The van der Waals surface area contributed by atoms with Gasteiger partial charge in [-0.15, -0.1) is 11.3 Å². The Morgan fingerprint density at radius 3 is 2.54 bits per heavy atom. The topological polar surface area (TPSA) is 26.3 Å². The lowest BCUT2D eigenvalue weighted by Gasteiger charge is -2.09. The molecule has 1 heterocycles. The quantitative estimate of drug-likeness (QED) is 0.558. The van der Waals surface area contributed by atoms with Crippen molar-refractivity contribution in [1.29, 1.82) is 0 Å². The van der Waals surface area contributed by atoms with Gasteiger partial charge in [-0.3, -0.25) is 0 Å². The molecule has 24 heavy (non-hydrogen) atoms. The van der Waals surface area contributed by atoms with Crippen molar-refractivity contribution in [3.8, 4) is 10.4 Å². The fourth-order valence-electron chi connectivity index (χ4n) is 2.53. The molecule has 2 nitrogen and oxygen atoms in total. The number of carbonyl (C=O) groups excluding carboxylic acids is 1. The van der Waals surface area contributed by atoms with Gasteiger partial charge in [0.15, 0.2) is 0 Å². The number of halogens is 1. The first-order valence-corrected chi connectivity index (χ1v) is 8.73. The second-order valence-corrected chi connectivity index (χ2v) is 7.36. The summed E-state index contributed by atoms with van der Waals surface area (Å²) in [7, 11) is 0. The molecule has 124 valence electrons. The molecule has 0 fully saturated rings. The zero-order valence-corrected chi connectivity index (χ0v) is 14.7. The molecule has 3 rings (SSSR count). The molecule has 0 unspecified atom stereocenters. The van der Waals surface area contributed by atoms with Gasteiger partial charge in [-0.2, -0.15) is 0 Å². The van der Waals surface area contributed by atoms with Crippen LogP contribution >= 0.6 is 11.3 Å². The fraction of sp³-hybridized carbons (Fsp3) is 0.250. The monoisotopic (exact) mass is 342 g/mol. The van der Waals surface area contributed by atoms with Crippen LogP contribution < -0.4 is 0 Å². The van der Waals surface area contributed by atoms with E-state index >= 15 is 0 Å². The number of benzene rings is 2. The lowest BCUT2D eigenvalue weighted by atomic mass is 10.0. The smallest absolute Gasteiger partial charge is 0.340 e. The molecule has 0 amide bonds. The van der Waals surface area contributed by atoms with E-state index in [1.165, 1.54) is 23.5 Å². The highest BCUT2D eigenvalue weighted by atomic mass is 32.1. The summed E-state index contributed by atoms with van der Waals surface area (Å²) in [5.41, 5.74) is 2.49. The van der Waals surface area contributed by atoms with Crippen molar-refractivity contribution in [2.24, 2.45) is 5.92 Å². The van der Waals surface area contributed by atoms with Crippen molar-refractivity contribution in [3.05, 3.63) is 59.4 Å². The van der Waals surface area contributed by atoms with Gasteiger partial charge in [0.2, 0.25) is 0 Å². The summed E-state index contributed by atoms with van der Waals surface area (Å²) in [5, 5.41) is 0.896. The van der Waals surface area contributed by atoms with E-state index in [-0.39, 0.29) is 17.7 Å². The zero-order valence-electron chi connectivity index (χ0n) is 13.9. The van der Waals surface area contributed by atoms with E-state index in [1.807, 2.05) is 39.0 Å². The van der Waals surface area contributed by atoms with Crippen LogP contribution in [0.15, 0.2) is 42.5 Å². The number of aryl methyl sites for hydroxylation is 1. The number of ether oxygens (including phenoxy) is 1. The van der Waals surface area contributed by atoms with Crippen molar-refractivity contribution < 1.29 is 13.9 Å². The van der Waals surface area contributed by atoms with Crippen molar-refractivity contribution in [2.45, 2.75) is 20.8 Å². The lowest BCUT2D eigenvalue weighted by Crippen LogP contribution is -2.10. The Kier molecular flexibility index (Phi) is 4.67. The van der Waals surface area contributed by atoms with Gasteiger partial charge in [0.1, 0.15) is 5.82 Å². The molecule has 4 heteroatoms. The number of hydrogen-bond acceptors (Lipinski definition) is 3. The Hall–Kier alpha value is -2.20. The highest BCUT2D eigenvalue weighted by molar-refractivity contribution is 7.22. The largest absolute Gasteiger partial charge is 0.462 e. The van der Waals surface area contributed by atoms with Crippen LogP contribution in [0, 0.1) is 18.7 Å². The van der Waals surface area contributed by atoms with Crippen LogP contribution in [0.2, 0.25) is 0 Å². The SMILES string of the molecule is Cc1ccc2sc(-c3ccc(F)cc3)c(C(=O)OCC(C)C)c2c1. The molecular weight excluding hydrogens is 323 g/mol. The third-order valence-corrected chi connectivity index (χ3v) is 4.92. The average Bonchev–Trinajstić information content (AvgIpc) is 2.91. The number of fused-ring (bicyclic) bond motifs is 1. The number of thiophene rings is 1. The number of hydrogen-bond donors (Lipinski definition) is 0. The maximum Gasteiger partial charge on any atom is 0.340 e. The van der Waals surface area contributed by atoms with E-state index in [2.05, 4.69) is 0 Å². The van der Waals surface area contributed by atoms with Gasteiger partial charge in [0.05, 0.1) is 17.0 Å². The van der Waals surface area contributed by atoms with Gasteiger partial charge in [0, 0.05) is 10.1 Å². The van der Waals surface area contributed by atoms with E-state index in [9.17, 15) is 9.18 Å². The summed E-state index contributed by atoms with van der Waals surface area (Å²) in [4.78, 5) is 13.5. The first-order valence-electron chi connectivity index (χ1n) is 7.92. The van der Waals surface area contributed by atoms with E-state index in [1.54, 1.807) is 12.1 Å². The summed E-state index contributed by atoms with van der Waals surface area (Å²) >= 11 is 1.53. The van der Waals surface area contributed by atoms with Crippen molar-refractivity contribution in [2.75, 3.05) is 6.61 Å². The third kappa shape index (κ3) is 3.34. The molecule has 0 saturated carbocycles. The minimum Gasteiger partial charge on any atom is -0.462 e. The first kappa shape index (κ1) is 16.7. The van der Waals surface area contributed by atoms with Gasteiger partial charge < -0.3 is 4.74 Å². The molecule has 0 aliphatic rings. The fourth-order valence-corrected chi connectivity index (χ4v) is 3.71. The van der Waals surface area contributed by atoms with Crippen molar-refractivity contribution >= 4 is 27.4 Å². The van der Waals surface area contributed by atoms with Gasteiger partial charge in [-0.25, -0.2) is 9.18 Å². The van der Waals surface area contributed by atoms with Crippen LogP contribution in [-0.2, 0) is 4.74 Å². The normalized spacial score (nSPS) is 11.2. The molecule has 1 aromatic heterocycles. The van der Waals surface area contributed by atoms with Gasteiger partial charge >= 0.3 is 5.97 Å². The van der Waals surface area contributed by atoms with E-state index < -0.39 is 0 Å². The molecule has 0 N–H and O–H groups in total. The Morgan fingerprint density at radius 1 is 1.17 bits per heavy atom. The maximum atomic E-state index is 13.2. The molecule has 0 bridgehead atoms. The van der Waals surface area contributed by atoms with Crippen LogP contribution in [0.25, 0.3) is 20.5 Å². The summed E-state index contributed by atoms with van der Waals surface area (Å²) in [6, 6.07) is 12.3. The maximum absolute atomic E-state index is 13.2.